The second kappa shape index (κ2) is 4.98. The molecule has 1 heterocycles. The first kappa shape index (κ1) is 11.0. The summed E-state index contributed by atoms with van der Waals surface area (Å²) in [6.07, 6.45) is 0. The summed E-state index contributed by atoms with van der Waals surface area (Å²) < 4.78 is 0.759. The van der Waals surface area contributed by atoms with Crippen LogP contribution in [-0.4, -0.2) is 23.2 Å². The molecule has 0 atom stereocenters. The van der Waals surface area contributed by atoms with E-state index in [0.29, 0.717) is 11.9 Å². The molecule has 0 bridgehead atoms. The fraction of sp³-hybridized carbons (Fsp3) is 0.375. The van der Waals surface area contributed by atoms with Crippen molar-refractivity contribution in [1.82, 2.24) is 4.90 Å². The van der Waals surface area contributed by atoms with Crippen LogP contribution in [0.15, 0.2) is 12.1 Å². The van der Waals surface area contributed by atoms with Crippen LogP contribution in [-0.2, 0) is 11.3 Å². The zero-order chi connectivity index (χ0) is 9.84. The molecule has 5 heteroatoms. The smallest absolute Gasteiger partial charge is 0.233 e. The molecule has 0 aliphatic rings. The highest BCUT2D eigenvalue weighted by atomic mass is 79.9. The van der Waals surface area contributed by atoms with Crippen molar-refractivity contribution in [2.24, 2.45) is 0 Å². The van der Waals surface area contributed by atoms with Gasteiger partial charge in [-0.25, -0.2) is 0 Å². The standard InChI is InChI=1S/C8H9BrClNOS/c1-11(8(12)4-9)5-6-2-3-7(10)13-6/h2-3H,4-5H2,1H3. The van der Waals surface area contributed by atoms with Crippen molar-refractivity contribution >= 4 is 44.8 Å². The molecular formula is C8H9BrClNOS. The van der Waals surface area contributed by atoms with E-state index in [1.165, 1.54) is 11.3 Å². The molecule has 1 aromatic heterocycles. The van der Waals surface area contributed by atoms with Gasteiger partial charge in [-0.1, -0.05) is 27.5 Å². The summed E-state index contributed by atoms with van der Waals surface area (Å²) in [4.78, 5) is 13.9. The van der Waals surface area contributed by atoms with Crippen molar-refractivity contribution in [3.05, 3.63) is 21.3 Å². The van der Waals surface area contributed by atoms with Crippen LogP contribution in [0, 0.1) is 0 Å². The number of nitrogens with zero attached hydrogens (tertiary/aromatic N) is 1. The molecule has 13 heavy (non-hydrogen) atoms. The first-order valence-electron chi connectivity index (χ1n) is 3.67. The van der Waals surface area contributed by atoms with Gasteiger partial charge >= 0.3 is 0 Å². The minimum Gasteiger partial charge on any atom is -0.340 e. The Morgan fingerprint density at radius 2 is 2.38 bits per heavy atom. The lowest BCUT2D eigenvalue weighted by atomic mass is 10.4. The van der Waals surface area contributed by atoms with Gasteiger partial charge in [-0.2, -0.15) is 0 Å². The van der Waals surface area contributed by atoms with Gasteiger partial charge in [0.15, 0.2) is 0 Å². The third kappa shape index (κ3) is 3.29. The number of carbonyl (C=O) groups is 1. The Morgan fingerprint density at radius 3 is 2.85 bits per heavy atom. The maximum absolute atomic E-state index is 11.2. The van der Waals surface area contributed by atoms with E-state index < -0.39 is 0 Å². The molecule has 0 unspecified atom stereocenters. The topological polar surface area (TPSA) is 20.3 Å². The monoisotopic (exact) mass is 281 g/mol. The van der Waals surface area contributed by atoms with Crippen LogP contribution in [0.1, 0.15) is 4.88 Å². The average molecular weight is 283 g/mol. The molecule has 0 saturated heterocycles. The van der Waals surface area contributed by atoms with Crippen LogP contribution in [0.4, 0.5) is 0 Å². The third-order valence-corrected chi connectivity index (χ3v) is 3.26. The van der Waals surface area contributed by atoms with Crippen LogP contribution in [0.5, 0.6) is 0 Å². The van der Waals surface area contributed by atoms with E-state index in [9.17, 15) is 4.79 Å². The number of rotatable bonds is 3. The Hall–Kier alpha value is -0.0600. The molecule has 1 rings (SSSR count). The number of carbonyl (C=O) groups excluding carboxylic acids is 1. The molecule has 0 aromatic carbocycles. The van der Waals surface area contributed by atoms with Crippen LogP contribution >= 0.6 is 38.9 Å². The molecule has 1 aromatic rings. The predicted octanol–water partition coefficient (Wildman–Crippen LogP) is 2.75. The summed E-state index contributed by atoms with van der Waals surface area (Å²) in [6, 6.07) is 3.78. The van der Waals surface area contributed by atoms with Gasteiger partial charge in [0, 0.05) is 11.9 Å². The summed E-state index contributed by atoms with van der Waals surface area (Å²) in [5.41, 5.74) is 0. The third-order valence-electron chi connectivity index (χ3n) is 1.56. The largest absolute Gasteiger partial charge is 0.340 e. The van der Waals surface area contributed by atoms with E-state index in [4.69, 9.17) is 11.6 Å². The van der Waals surface area contributed by atoms with Crippen molar-refractivity contribution in [3.8, 4) is 0 Å². The number of halogens is 2. The molecule has 0 radical (unpaired) electrons. The lowest BCUT2D eigenvalue weighted by Gasteiger charge is -2.13. The Morgan fingerprint density at radius 1 is 1.69 bits per heavy atom. The molecule has 1 amide bonds. The van der Waals surface area contributed by atoms with Gasteiger partial charge in [-0.3, -0.25) is 4.79 Å². The van der Waals surface area contributed by atoms with Gasteiger partial charge in [-0.05, 0) is 12.1 Å². The molecule has 0 N–H and O–H groups in total. The van der Waals surface area contributed by atoms with Gasteiger partial charge in [0.25, 0.3) is 0 Å². The minimum atomic E-state index is 0.0736. The highest BCUT2D eigenvalue weighted by Crippen LogP contribution is 2.22. The van der Waals surface area contributed by atoms with Crippen LogP contribution in [0.3, 0.4) is 0 Å². The number of amides is 1. The fourth-order valence-electron chi connectivity index (χ4n) is 0.861. The maximum Gasteiger partial charge on any atom is 0.233 e. The first-order chi connectivity index (χ1) is 6.13. The second-order valence-electron chi connectivity index (χ2n) is 2.59. The zero-order valence-corrected chi connectivity index (χ0v) is 10.2. The Bertz CT molecular complexity index is 302. The Kier molecular flexibility index (Phi) is 4.22. The van der Waals surface area contributed by atoms with Gasteiger partial charge < -0.3 is 4.90 Å². The summed E-state index contributed by atoms with van der Waals surface area (Å²) >= 11 is 10.4. The zero-order valence-electron chi connectivity index (χ0n) is 7.09. The van der Waals surface area contributed by atoms with Crippen LogP contribution in [0.2, 0.25) is 4.34 Å². The SMILES string of the molecule is CN(Cc1ccc(Cl)s1)C(=O)CBr. The molecule has 0 aliphatic carbocycles. The summed E-state index contributed by atoms with van der Waals surface area (Å²) in [7, 11) is 1.78. The van der Waals surface area contributed by atoms with Crippen molar-refractivity contribution in [3.63, 3.8) is 0 Å². The molecule has 2 nitrogen and oxygen atoms in total. The van der Waals surface area contributed by atoms with Crippen molar-refractivity contribution in [2.75, 3.05) is 12.4 Å². The van der Waals surface area contributed by atoms with Crippen LogP contribution < -0.4 is 0 Å². The molecule has 0 spiro atoms. The number of hydrogen-bond donors (Lipinski definition) is 0. The quantitative estimate of drug-likeness (QED) is 0.781. The molecule has 0 aliphatic heterocycles. The van der Waals surface area contributed by atoms with Gasteiger partial charge in [0.05, 0.1) is 16.2 Å². The van der Waals surface area contributed by atoms with Crippen LogP contribution in [0.25, 0.3) is 0 Å². The summed E-state index contributed by atoms with van der Waals surface area (Å²) in [6.45, 7) is 0.627. The predicted molar refractivity (Wildman–Crippen MR) is 59.6 cm³/mol. The van der Waals surface area contributed by atoms with E-state index in [1.54, 1.807) is 11.9 Å². The summed E-state index contributed by atoms with van der Waals surface area (Å²) in [5, 5.41) is 0.364. The van der Waals surface area contributed by atoms with Crippen molar-refractivity contribution in [2.45, 2.75) is 6.54 Å². The first-order valence-corrected chi connectivity index (χ1v) is 5.99. The van der Waals surface area contributed by atoms with Gasteiger partial charge in [-0.15, -0.1) is 11.3 Å². The second-order valence-corrected chi connectivity index (χ2v) is 4.95. The summed E-state index contributed by atoms with van der Waals surface area (Å²) in [5.74, 6) is 0.0736. The Labute approximate surface area is 94.6 Å². The van der Waals surface area contributed by atoms with E-state index in [1.807, 2.05) is 12.1 Å². The van der Waals surface area contributed by atoms with E-state index in [-0.39, 0.29) is 5.91 Å². The number of thiophene rings is 1. The molecule has 72 valence electrons. The number of hydrogen-bond acceptors (Lipinski definition) is 2. The lowest BCUT2D eigenvalue weighted by molar-refractivity contribution is -0.127. The maximum atomic E-state index is 11.2. The van der Waals surface area contributed by atoms with Gasteiger partial charge in [0.2, 0.25) is 5.91 Å². The number of alkyl halides is 1. The van der Waals surface area contributed by atoms with Crippen molar-refractivity contribution < 1.29 is 4.79 Å². The molecule has 0 fully saturated rings. The van der Waals surface area contributed by atoms with E-state index in [0.717, 1.165) is 9.21 Å². The Balaban J connectivity index is 2.54. The molecule has 0 saturated carbocycles. The van der Waals surface area contributed by atoms with E-state index >= 15 is 0 Å². The molecular weight excluding hydrogens is 274 g/mol. The normalized spacial score (nSPS) is 10.1. The van der Waals surface area contributed by atoms with Crippen molar-refractivity contribution in [1.29, 1.82) is 0 Å². The van der Waals surface area contributed by atoms with E-state index in [2.05, 4.69) is 15.9 Å². The lowest BCUT2D eigenvalue weighted by Crippen LogP contribution is -2.26. The average Bonchev–Trinajstić information content (AvgIpc) is 2.49. The van der Waals surface area contributed by atoms with Gasteiger partial charge in [0.1, 0.15) is 0 Å². The highest BCUT2D eigenvalue weighted by Gasteiger charge is 2.08. The fourth-order valence-corrected chi connectivity index (χ4v) is 2.43. The highest BCUT2D eigenvalue weighted by molar-refractivity contribution is 9.09. The minimum absolute atomic E-state index is 0.0736.